The van der Waals surface area contributed by atoms with Crippen molar-refractivity contribution in [1.29, 1.82) is 0 Å². The minimum Gasteiger partial charge on any atom is -0.493 e. The van der Waals surface area contributed by atoms with Gasteiger partial charge in [-0.25, -0.2) is 4.98 Å². The summed E-state index contributed by atoms with van der Waals surface area (Å²) in [5.41, 5.74) is 1.33. The molecule has 5 nitrogen and oxygen atoms in total. The van der Waals surface area contributed by atoms with Gasteiger partial charge in [0.15, 0.2) is 11.5 Å². The third-order valence-electron chi connectivity index (χ3n) is 3.73. The Kier molecular flexibility index (Phi) is 5.60. The highest BCUT2D eigenvalue weighted by Gasteiger charge is 2.16. The van der Waals surface area contributed by atoms with Crippen LogP contribution in [0.5, 0.6) is 11.5 Å². The molecule has 0 fully saturated rings. The number of nitrogens with one attached hydrogen (secondary N) is 1. The average Bonchev–Trinajstić information content (AvgIpc) is 3.04. The predicted octanol–water partition coefficient (Wildman–Crippen LogP) is 3.60. The van der Waals surface area contributed by atoms with Crippen molar-refractivity contribution in [1.82, 2.24) is 10.3 Å². The van der Waals surface area contributed by atoms with Gasteiger partial charge in [-0.05, 0) is 31.0 Å². The van der Waals surface area contributed by atoms with Crippen LogP contribution in [0.3, 0.4) is 0 Å². The number of ether oxygens (including phenoxy) is 2. The molecular weight excluding hydrogens is 312 g/mol. The van der Waals surface area contributed by atoms with Crippen molar-refractivity contribution in [2.75, 3.05) is 14.2 Å². The molecule has 0 aliphatic heterocycles. The van der Waals surface area contributed by atoms with E-state index in [4.69, 9.17) is 9.47 Å². The molecular formula is C17H22N2O3S. The predicted molar refractivity (Wildman–Crippen MR) is 92.4 cm³/mol. The number of rotatable bonds is 6. The first-order valence-corrected chi connectivity index (χ1v) is 8.33. The first-order chi connectivity index (χ1) is 11.0. The first-order valence-electron chi connectivity index (χ1n) is 7.45. The van der Waals surface area contributed by atoms with E-state index in [0.717, 1.165) is 10.6 Å². The highest BCUT2D eigenvalue weighted by atomic mass is 32.1. The fourth-order valence-electron chi connectivity index (χ4n) is 1.93. The topological polar surface area (TPSA) is 60.5 Å². The molecule has 23 heavy (non-hydrogen) atoms. The number of aromatic nitrogens is 1. The second-order valence-electron chi connectivity index (χ2n) is 5.61. The van der Waals surface area contributed by atoms with Gasteiger partial charge < -0.3 is 14.8 Å². The van der Waals surface area contributed by atoms with Crippen LogP contribution in [0.1, 0.15) is 31.3 Å². The van der Waals surface area contributed by atoms with Crippen molar-refractivity contribution in [3.63, 3.8) is 0 Å². The lowest BCUT2D eigenvalue weighted by atomic mass is 10.1. The zero-order valence-electron chi connectivity index (χ0n) is 14.0. The van der Waals surface area contributed by atoms with Gasteiger partial charge in [0.2, 0.25) is 0 Å². The minimum absolute atomic E-state index is 0.105. The Labute approximate surface area is 140 Å². The Morgan fingerprint density at radius 2 is 1.87 bits per heavy atom. The summed E-state index contributed by atoms with van der Waals surface area (Å²) in [5, 5.41) is 5.51. The van der Waals surface area contributed by atoms with Gasteiger partial charge >= 0.3 is 0 Å². The Hall–Kier alpha value is -2.08. The molecule has 0 saturated heterocycles. The van der Waals surface area contributed by atoms with E-state index in [1.54, 1.807) is 19.6 Å². The summed E-state index contributed by atoms with van der Waals surface area (Å²) in [6.07, 6.45) is 0. The summed E-state index contributed by atoms with van der Waals surface area (Å²) in [7, 11) is 3.19. The smallest absolute Gasteiger partial charge is 0.270 e. The van der Waals surface area contributed by atoms with Gasteiger partial charge in [0.05, 0.1) is 14.2 Å². The molecule has 0 radical (unpaired) electrons. The lowest BCUT2D eigenvalue weighted by Crippen LogP contribution is -2.36. The summed E-state index contributed by atoms with van der Waals surface area (Å²) < 4.78 is 10.5. The van der Waals surface area contributed by atoms with Gasteiger partial charge in [-0.1, -0.05) is 13.8 Å². The van der Waals surface area contributed by atoms with Gasteiger partial charge in [-0.15, -0.1) is 11.3 Å². The number of nitrogens with zero attached hydrogens (tertiary/aromatic N) is 1. The molecule has 0 aliphatic carbocycles. The third-order valence-corrected chi connectivity index (χ3v) is 4.62. The van der Waals surface area contributed by atoms with E-state index in [2.05, 4.69) is 24.1 Å². The average molecular weight is 334 g/mol. The molecule has 1 unspecified atom stereocenters. The molecule has 0 saturated carbocycles. The zero-order valence-corrected chi connectivity index (χ0v) is 14.9. The van der Waals surface area contributed by atoms with Crippen molar-refractivity contribution < 1.29 is 14.3 Å². The van der Waals surface area contributed by atoms with Crippen LogP contribution in [-0.2, 0) is 0 Å². The van der Waals surface area contributed by atoms with Crippen LogP contribution in [0, 0.1) is 5.92 Å². The maximum Gasteiger partial charge on any atom is 0.270 e. The van der Waals surface area contributed by atoms with E-state index in [1.807, 2.05) is 25.1 Å². The second kappa shape index (κ2) is 7.46. The second-order valence-corrected chi connectivity index (χ2v) is 6.47. The van der Waals surface area contributed by atoms with E-state index in [0.29, 0.717) is 23.1 Å². The number of thiazole rings is 1. The zero-order chi connectivity index (χ0) is 17.0. The van der Waals surface area contributed by atoms with Crippen LogP contribution in [0.25, 0.3) is 10.6 Å². The Morgan fingerprint density at radius 3 is 2.48 bits per heavy atom. The summed E-state index contributed by atoms with van der Waals surface area (Å²) in [4.78, 5) is 16.6. The summed E-state index contributed by atoms with van der Waals surface area (Å²) in [6, 6.07) is 5.69. The summed E-state index contributed by atoms with van der Waals surface area (Å²) in [5.74, 6) is 1.54. The number of hydrogen-bond donors (Lipinski definition) is 1. The molecule has 6 heteroatoms. The number of carbonyl (C=O) groups excluding carboxylic acids is 1. The standard InChI is InChI=1S/C17H22N2O3S/c1-10(2)11(3)18-16(20)13-9-23-17(19-13)12-6-7-14(21-4)15(8-12)22-5/h6-11H,1-5H3,(H,18,20). The lowest BCUT2D eigenvalue weighted by Gasteiger charge is -2.16. The van der Waals surface area contributed by atoms with Crippen LogP contribution < -0.4 is 14.8 Å². The largest absolute Gasteiger partial charge is 0.493 e. The molecule has 1 heterocycles. The van der Waals surface area contributed by atoms with E-state index < -0.39 is 0 Å². The first kappa shape index (κ1) is 17.3. The van der Waals surface area contributed by atoms with E-state index >= 15 is 0 Å². The normalized spacial score (nSPS) is 12.1. The molecule has 1 aromatic carbocycles. The molecule has 2 rings (SSSR count). The maximum atomic E-state index is 12.2. The van der Waals surface area contributed by atoms with E-state index in [1.165, 1.54) is 11.3 Å². The van der Waals surface area contributed by atoms with Crippen LogP contribution in [-0.4, -0.2) is 31.2 Å². The lowest BCUT2D eigenvalue weighted by molar-refractivity contribution is 0.0926. The highest BCUT2D eigenvalue weighted by Crippen LogP contribution is 2.33. The Morgan fingerprint density at radius 1 is 1.17 bits per heavy atom. The molecule has 1 atom stereocenters. The maximum absolute atomic E-state index is 12.2. The minimum atomic E-state index is -0.144. The van der Waals surface area contributed by atoms with Gasteiger partial charge in [-0.2, -0.15) is 0 Å². The van der Waals surface area contributed by atoms with Crippen molar-refractivity contribution in [2.24, 2.45) is 5.92 Å². The van der Waals surface area contributed by atoms with Crippen LogP contribution in [0.4, 0.5) is 0 Å². The number of amides is 1. The van der Waals surface area contributed by atoms with Gasteiger partial charge in [0.25, 0.3) is 5.91 Å². The number of hydrogen-bond acceptors (Lipinski definition) is 5. The van der Waals surface area contributed by atoms with Gasteiger partial charge in [0.1, 0.15) is 10.7 Å². The van der Waals surface area contributed by atoms with Gasteiger partial charge in [-0.3, -0.25) is 4.79 Å². The van der Waals surface area contributed by atoms with Crippen LogP contribution >= 0.6 is 11.3 Å². The summed E-state index contributed by atoms with van der Waals surface area (Å²) in [6.45, 7) is 6.13. The molecule has 1 amide bonds. The molecule has 0 spiro atoms. The fraction of sp³-hybridized carbons (Fsp3) is 0.412. The van der Waals surface area contributed by atoms with E-state index in [-0.39, 0.29) is 11.9 Å². The molecule has 2 aromatic rings. The quantitative estimate of drug-likeness (QED) is 0.877. The van der Waals surface area contributed by atoms with E-state index in [9.17, 15) is 4.79 Å². The third kappa shape index (κ3) is 4.01. The molecule has 0 bridgehead atoms. The van der Waals surface area contributed by atoms with Gasteiger partial charge in [0, 0.05) is 17.0 Å². The fourth-order valence-corrected chi connectivity index (χ4v) is 2.72. The molecule has 0 aliphatic rings. The SMILES string of the molecule is COc1ccc(-c2nc(C(=O)NC(C)C(C)C)cs2)cc1OC. The van der Waals surface area contributed by atoms with Crippen molar-refractivity contribution in [3.8, 4) is 22.1 Å². The summed E-state index contributed by atoms with van der Waals surface area (Å²) >= 11 is 1.43. The monoisotopic (exact) mass is 334 g/mol. The Bertz CT molecular complexity index is 682. The highest BCUT2D eigenvalue weighted by molar-refractivity contribution is 7.13. The number of carbonyl (C=O) groups is 1. The Balaban J connectivity index is 2.20. The number of benzene rings is 1. The van der Waals surface area contributed by atoms with Crippen LogP contribution in [0.2, 0.25) is 0 Å². The van der Waals surface area contributed by atoms with Crippen molar-refractivity contribution in [2.45, 2.75) is 26.8 Å². The van der Waals surface area contributed by atoms with Crippen molar-refractivity contribution in [3.05, 3.63) is 29.3 Å². The molecule has 1 aromatic heterocycles. The van der Waals surface area contributed by atoms with Crippen LogP contribution in [0.15, 0.2) is 23.6 Å². The molecule has 1 N–H and O–H groups in total. The van der Waals surface area contributed by atoms with Crippen molar-refractivity contribution >= 4 is 17.2 Å². The number of methoxy groups -OCH3 is 2. The molecule has 124 valence electrons.